The van der Waals surface area contributed by atoms with Crippen molar-refractivity contribution in [2.24, 2.45) is 0 Å². The van der Waals surface area contributed by atoms with E-state index in [1.807, 2.05) is 22.6 Å². The van der Waals surface area contributed by atoms with Gasteiger partial charge in [-0.15, -0.1) is 0 Å². The van der Waals surface area contributed by atoms with Crippen molar-refractivity contribution >= 4 is 73.3 Å². The molecule has 0 radical (unpaired) electrons. The second-order valence-corrected chi connectivity index (χ2v) is 11.8. The molecule has 39 heavy (non-hydrogen) atoms. The molecular formula is C23H20IN3O10S2. The SMILES string of the molecule is COc1cc(/C=C2\SC(=O)N(CC(=O)N3CCOCC3)C2=O)cc(I)c1OS(=O)(=O)c1ccc([N+](=O)[O-])cc1. The molecule has 2 heterocycles. The van der Waals surface area contributed by atoms with Crippen LogP contribution in [0, 0.1) is 13.7 Å². The van der Waals surface area contributed by atoms with Crippen LogP contribution in [-0.4, -0.2) is 80.2 Å². The minimum absolute atomic E-state index is 0.0281. The number of imide groups is 1. The number of thioether (sulfide) groups is 1. The van der Waals surface area contributed by atoms with Crippen molar-refractivity contribution in [3.8, 4) is 11.5 Å². The van der Waals surface area contributed by atoms with Crippen molar-refractivity contribution in [2.45, 2.75) is 4.90 Å². The predicted molar refractivity (Wildman–Crippen MR) is 147 cm³/mol. The van der Waals surface area contributed by atoms with E-state index < -0.39 is 26.2 Å². The summed E-state index contributed by atoms with van der Waals surface area (Å²) in [5.74, 6) is -1.08. The van der Waals surface area contributed by atoms with E-state index in [4.69, 9.17) is 13.7 Å². The Bertz CT molecular complexity index is 1470. The number of non-ortho nitro benzene ring substituents is 1. The first-order valence-corrected chi connectivity index (χ1v) is 14.5. The summed E-state index contributed by atoms with van der Waals surface area (Å²) in [6.45, 7) is 1.18. The van der Waals surface area contributed by atoms with Crippen LogP contribution in [0.5, 0.6) is 11.5 Å². The van der Waals surface area contributed by atoms with Gasteiger partial charge in [0.25, 0.3) is 16.8 Å². The minimum Gasteiger partial charge on any atom is -0.493 e. The molecule has 2 aliphatic heterocycles. The number of nitro groups is 1. The number of carbonyl (C=O) groups excluding carboxylic acids is 3. The van der Waals surface area contributed by atoms with Crippen molar-refractivity contribution in [2.75, 3.05) is 40.0 Å². The van der Waals surface area contributed by atoms with E-state index in [9.17, 15) is 32.9 Å². The topological polar surface area (TPSA) is 163 Å². The normalized spacial score (nSPS) is 17.0. The molecule has 13 nitrogen and oxygen atoms in total. The van der Waals surface area contributed by atoms with Crippen LogP contribution < -0.4 is 8.92 Å². The van der Waals surface area contributed by atoms with E-state index >= 15 is 0 Å². The highest BCUT2D eigenvalue weighted by molar-refractivity contribution is 14.1. The molecule has 0 spiro atoms. The summed E-state index contributed by atoms with van der Waals surface area (Å²) in [4.78, 5) is 50.3. The lowest BCUT2D eigenvalue weighted by Crippen LogP contribution is -2.46. The lowest BCUT2D eigenvalue weighted by atomic mass is 10.2. The zero-order valence-electron chi connectivity index (χ0n) is 20.2. The van der Waals surface area contributed by atoms with E-state index in [0.29, 0.717) is 47.2 Å². The molecule has 4 rings (SSSR count). The Morgan fingerprint density at radius 3 is 2.49 bits per heavy atom. The van der Waals surface area contributed by atoms with Crippen molar-refractivity contribution in [3.63, 3.8) is 0 Å². The quantitative estimate of drug-likeness (QED) is 0.132. The third-order valence-corrected chi connectivity index (χ3v) is 8.55. The Morgan fingerprint density at radius 2 is 1.87 bits per heavy atom. The van der Waals surface area contributed by atoms with Gasteiger partial charge < -0.3 is 18.6 Å². The van der Waals surface area contributed by atoms with Crippen LogP contribution in [0.25, 0.3) is 6.08 Å². The summed E-state index contributed by atoms with van der Waals surface area (Å²) < 4.78 is 41.7. The number of hydrogen-bond acceptors (Lipinski definition) is 11. The Labute approximate surface area is 240 Å². The van der Waals surface area contributed by atoms with Crippen LogP contribution in [0.15, 0.2) is 46.2 Å². The highest BCUT2D eigenvalue weighted by Crippen LogP contribution is 2.38. The van der Waals surface area contributed by atoms with Crippen molar-refractivity contribution in [3.05, 3.63) is 60.6 Å². The Balaban J connectivity index is 1.54. The van der Waals surface area contributed by atoms with Gasteiger partial charge in [-0.2, -0.15) is 8.42 Å². The van der Waals surface area contributed by atoms with Gasteiger partial charge in [-0.25, -0.2) is 0 Å². The Kier molecular flexibility index (Phi) is 8.77. The first-order chi connectivity index (χ1) is 18.5. The molecule has 0 N–H and O–H groups in total. The van der Waals surface area contributed by atoms with Crippen LogP contribution in [0.1, 0.15) is 5.56 Å². The van der Waals surface area contributed by atoms with E-state index in [-0.39, 0.29) is 39.4 Å². The number of carbonyl (C=O) groups is 3. The monoisotopic (exact) mass is 689 g/mol. The lowest BCUT2D eigenvalue weighted by Gasteiger charge is -2.28. The maximum Gasteiger partial charge on any atom is 0.339 e. The number of hydrogen-bond donors (Lipinski definition) is 0. The molecular weight excluding hydrogens is 669 g/mol. The van der Waals surface area contributed by atoms with Crippen LogP contribution in [-0.2, 0) is 24.4 Å². The average Bonchev–Trinajstić information content (AvgIpc) is 3.17. The van der Waals surface area contributed by atoms with Crippen molar-refractivity contribution < 1.29 is 41.4 Å². The molecule has 0 bridgehead atoms. The molecule has 3 amide bonds. The summed E-state index contributed by atoms with van der Waals surface area (Å²) in [5, 5.41) is 10.3. The lowest BCUT2D eigenvalue weighted by molar-refractivity contribution is -0.384. The van der Waals surface area contributed by atoms with E-state index in [2.05, 4.69) is 0 Å². The number of methoxy groups -OCH3 is 1. The third-order valence-electron chi connectivity index (χ3n) is 5.61. The minimum atomic E-state index is -4.37. The third kappa shape index (κ3) is 6.51. The standard InChI is InChI=1S/C23H20IN3O10S2/c1-35-18-11-14(10-17(24)21(18)37-39(33,34)16-4-2-15(3-5-16)27(31)32)12-19-22(29)26(23(30)38-19)13-20(28)25-6-8-36-9-7-25/h2-5,10-12H,6-9,13H2,1H3/b19-12-. The molecule has 0 aromatic heterocycles. The fourth-order valence-corrected chi connectivity index (χ4v) is 6.31. The van der Waals surface area contributed by atoms with Gasteiger partial charge in [-0.3, -0.25) is 29.4 Å². The molecule has 2 saturated heterocycles. The van der Waals surface area contributed by atoms with Crippen molar-refractivity contribution in [1.82, 2.24) is 9.80 Å². The summed E-state index contributed by atoms with van der Waals surface area (Å²) in [7, 11) is -3.07. The summed E-state index contributed by atoms with van der Waals surface area (Å²) in [6, 6.07) is 7.15. The second kappa shape index (κ2) is 11.9. The van der Waals surface area contributed by atoms with Gasteiger partial charge in [0.2, 0.25) is 5.91 Å². The predicted octanol–water partition coefficient (Wildman–Crippen LogP) is 2.87. The fraction of sp³-hybridized carbons (Fsp3) is 0.261. The van der Waals surface area contributed by atoms with Crippen molar-refractivity contribution in [1.29, 1.82) is 0 Å². The number of amides is 3. The molecule has 0 aliphatic carbocycles. The maximum absolute atomic E-state index is 12.9. The zero-order chi connectivity index (χ0) is 28.3. The van der Waals surface area contributed by atoms with Gasteiger partial charge in [0, 0.05) is 25.2 Å². The second-order valence-electron chi connectivity index (χ2n) is 8.08. The number of ether oxygens (including phenoxy) is 2. The van der Waals surface area contributed by atoms with E-state index in [0.717, 1.165) is 29.2 Å². The van der Waals surface area contributed by atoms with Crippen LogP contribution >= 0.6 is 34.4 Å². The molecule has 2 fully saturated rings. The number of nitro benzene ring substituents is 1. The number of morpholine rings is 1. The molecule has 2 aromatic carbocycles. The zero-order valence-corrected chi connectivity index (χ0v) is 24.0. The van der Waals surface area contributed by atoms with Gasteiger partial charge in [-0.1, -0.05) is 0 Å². The van der Waals surface area contributed by atoms with Gasteiger partial charge in [0.15, 0.2) is 11.5 Å². The highest BCUT2D eigenvalue weighted by atomic mass is 127. The first kappa shape index (κ1) is 28.8. The summed E-state index contributed by atoms with van der Waals surface area (Å²) in [5.41, 5.74) is 0.140. The number of nitrogens with zero attached hydrogens (tertiary/aromatic N) is 3. The molecule has 2 aliphatic rings. The van der Waals surface area contributed by atoms with Crippen LogP contribution in [0.2, 0.25) is 0 Å². The van der Waals surface area contributed by atoms with Gasteiger partial charge in [0.1, 0.15) is 11.4 Å². The van der Waals surface area contributed by atoms with Crippen LogP contribution in [0.3, 0.4) is 0 Å². The fourth-order valence-electron chi connectivity index (χ4n) is 3.63. The Hall–Kier alpha value is -3.22. The smallest absolute Gasteiger partial charge is 0.339 e. The van der Waals surface area contributed by atoms with Gasteiger partial charge in [0.05, 0.1) is 33.7 Å². The van der Waals surface area contributed by atoms with Crippen LogP contribution in [0.4, 0.5) is 10.5 Å². The molecule has 0 unspecified atom stereocenters. The maximum atomic E-state index is 12.9. The molecule has 16 heteroatoms. The summed E-state index contributed by atoms with van der Waals surface area (Å²) in [6.07, 6.45) is 1.43. The largest absolute Gasteiger partial charge is 0.493 e. The average molecular weight is 689 g/mol. The molecule has 0 saturated carbocycles. The summed E-state index contributed by atoms with van der Waals surface area (Å²) >= 11 is 2.52. The van der Waals surface area contributed by atoms with E-state index in [1.165, 1.54) is 30.2 Å². The number of benzene rings is 2. The Morgan fingerprint density at radius 1 is 1.21 bits per heavy atom. The molecule has 2 aromatic rings. The molecule has 206 valence electrons. The van der Waals surface area contributed by atoms with Gasteiger partial charge in [-0.05, 0) is 70.3 Å². The number of halogens is 1. The van der Waals surface area contributed by atoms with Gasteiger partial charge >= 0.3 is 10.1 Å². The van der Waals surface area contributed by atoms with E-state index in [1.54, 1.807) is 0 Å². The highest BCUT2D eigenvalue weighted by Gasteiger charge is 2.37. The number of rotatable bonds is 8. The first-order valence-electron chi connectivity index (χ1n) is 11.2. The molecule has 0 atom stereocenters.